The topological polar surface area (TPSA) is 57.2 Å². The molecule has 0 radical (unpaired) electrons. The molecule has 0 fully saturated rings. The number of hydrogen-bond acceptors (Lipinski definition) is 6. The van der Waals surface area contributed by atoms with Crippen LogP contribution in [-0.4, -0.2) is 41.6 Å². The highest BCUT2D eigenvalue weighted by Crippen LogP contribution is 2.36. The largest absolute Gasteiger partial charge is 0.419 e. The molecule has 0 saturated carbocycles. The van der Waals surface area contributed by atoms with Crippen LogP contribution in [0.25, 0.3) is 0 Å². The zero-order chi connectivity index (χ0) is 23.9. The van der Waals surface area contributed by atoms with Gasteiger partial charge in [-0.15, -0.1) is 0 Å². The molecule has 4 heterocycles. The lowest BCUT2D eigenvalue weighted by Gasteiger charge is -2.28. The van der Waals surface area contributed by atoms with Crippen molar-refractivity contribution in [3.63, 3.8) is 0 Å². The number of pyridine rings is 1. The Kier molecular flexibility index (Phi) is 5.79. The predicted octanol–water partition coefficient (Wildman–Crippen LogP) is 4.93. The van der Waals surface area contributed by atoms with Crippen molar-refractivity contribution < 1.29 is 13.2 Å². The van der Waals surface area contributed by atoms with Gasteiger partial charge in [-0.1, -0.05) is 6.07 Å². The standard InChI is InChI=1S/C25H27F3N6/c1-16-30-21-10-14-34(24-20(25(26,27)28)6-3-11-29-24)13-9-19(21)23(31-16)32-18-8-7-17-5-4-12-33(2)22(17)15-18/h3,6-8,11,15H,4-5,9-10,12-14H2,1-2H3,(H,30,31,32). The summed E-state index contributed by atoms with van der Waals surface area (Å²) in [6.07, 6.45) is 0.228. The number of hydrogen-bond donors (Lipinski definition) is 1. The lowest BCUT2D eigenvalue weighted by molar-refractivity contribution is -0.137. The van der Waals surface area contributed by atoms with Gasteiger partial charge in [0.15, 0.2) is 0 Å². The van der Waals surface area contributed by atoms with Gasteiger partial charge < -0.3 is 15.1 Å². The van der Waals surface area contributed by atoms with Crippen LogP contribution in [0.15, 0.2) is 36.5 Å². The first kappa shape index (κ1) is 22.4. The molecule has 0 amide bonds. The summed E-state index contributed by atoms with van der Waals surface area (Å²) in [7, 11) is 2.10. The molecule has 1 aromatic carbocycles. The minimum atomic E-state index is -4.45. The van der Waals surface area contributed by atoms with Gasteiger partial charge in [-0.3, -0.25) is 0 Å². The number of anilines is 4. The summed E-state index contributed by atoms with van der Waals surface area (Å²) in [5.74, 6) is 1.33. The molecule has 2 aliphatic heterocycles. The molecular formula is C25H27F3N6. The number of alkyl halides is 3. The Balaban J connectivity index is 1.43. The second-order valence-corrected chi connectivity index (χ2v) is 8.90. The SMILES string of the molecule is Cc1nc2c(c(Nc3ccc4c(c3)N(C)CCC4)n1)CCN(c1ncccc1C(F)(F)F)CC2. The zero-order valence-corrected chi connectivity index (χ0v) is 19.3. The minimum Gasteiger partial charge on any atom is -0.374 e. The monoisotopic (exact) mass is 468 g/mol. The highest BCUT2D eigenvalue weighted by Gasteiger charge is 2.36. The summed E-state index contributed by atoms with van der Waals surface area (Å²) in [5, 5.41) is 3.47. The molecule has 9 heteroatoms. The van der Waals surface area contributed by atoms with Gasteiger partial charge in [0, 0.05) is 56.2 Å². The van der Waals surface area contributed by atoms with E-state index in [0.717, 1.165) is 48.2 Å². The van der Waals surface area contributed by atoms with E-state index in [2.05, 4.69) is 50.4 Å². The predicted molar refractivity (Wildman–Crippen MR) is 127 cm³/mol. The van der Waals surface area contributed by atoms with Gasteiger partial charge in [-0.25, -0.2) is 15.0 Å². The fourth-order valence-electron chi connectivity index (χ4n) is 4.88. The third-order valence-corrected chi connectivity index (χ3v) is 6.55. The van der Waals surface area contributed by atoms with Crippen LogP contribution in [0.1, 0.15) is 34.6 Å². The molecule has 0 bridgehead atoms. The van der Waals surface area contributed by atoms with E-state index in [1.165, 1.54) is 23.5 Å². The van der Waals surface area contributed by atoms with Crippen LogP contribution in [0.2, 0.25) is 0 Å². The summed E-state index contributed by atoms with van der Waals surface area (Å²) in [5.41, 5.74) is 4.61. The Bertz CT molecular complexity index is 1210. The Hall–Kier alpha value is -3.36. The normalized spacial score (nSPS) is 16.0. The summed E-state index contributed by atoms with van der Waals surface area (Å²) in [4.78, 5) is 17.3. The Morgan fingerprint density at radius 3 is 2.65 bits per heavy atom. The van der Waals surface area contributed by atoms with E-state index in [4.69, 9.17) is 0 Å². The molecule has 0 aliphatic carbocycles. The molecule has 6 nitrogen and oxygen atoms in total. The average Bonchev–Trinajstić information content (AvgIpc) is 3.02. The van der Waals surface area contributed by atoms with Gasteiger partial charge in [0.2, 0.25) is 0 Å². The fourth-order valence-corrected chi connectivity index (χ4v) is 4.88. The van der Waals surface area contributed by atoms with Crippen LogP contribution in [0.4, 0.5) is 36.2 Å². The molecule has 0 spiro atoms. The van der Waals surface area contributed by atoms with E-state index < -0.39 is 11.7 Å². The van der Waals surface area contributed by atoms with Gasteiger partial charge in [0.25, 0.3) is 0 Å². The van der Waals surface area contributed by atoms with E-state index in [1.807, 2.05) is 6.92 Å². The smallest absolute Gasteiger partial charge is 0.374 e. The van der Waals surface area contributed by atoms with Crippen LogP contribution in [0, 0.1) is 6.92 Å². The number of aromatic nitrogens is 3. The quantitative estimate of drug-likeness (QED) is 0.588. The summed E-state index contributed by atoms with van der Waals surface area (Å²) in [6.45, 7) is 3.69. The number of fused-ring (bicyclic) bond motifs is 2. The molecule has 0 atom stereocenters. The second-order valence-electron chi connectivity index (χ2n) is 8.90. The number of halogens is 3. The molecular weight excluding hydrogens is 441 g/mol. The lowest BCUT2D eigenvalue weighted by Crippen LogP contribution is -2.29. The first-order chi connectivity index (χ1) is 16.3. The maximum atomic E-state index is 13.6. The van der Waals surface area contributed by atoms with E-state index in [-0.39, 0.29) is 5.82 Å². The van der Waals surface area contributed by atoms with Gasteiger partial charge in [-0.2, -0.15) is 13.2 Å². The molecule has 2 aliphatic rings. The second kappa shape index (κ2) is 8.77. The average molecular weight is 469 g/mol. The minimum absolute atomic E-state index is 0.0280. The van der Waals surface area contributed by atoms with E-state index >= 15 is 0 Å². The number of benzene rings is 1. The van der Waals surface area contributed by atoms with E-state index in [9.17, 15) is 13.2 Å². The van der Waals surface area contributed by atoms with Crippen LogP contribution >= 0.6 is 0 Å². The molecule has 3 aromatic rings. The highest BCUT2D eigenvalue weighted by molar-refractivity contribution is 5.69. The van der Waals surface area contributed by atoms with Gasteiger partial charge >= 0.3 is 6.18 Å². The third-order valence-electron chi connectivity index (χ3n) is 6.55. The van der Waals surface area contributed by atoms with Crippen molar-refractivity contribution in [3.8, 4) is 0 Å². The zero-order valence-electron chi connectivity index (χ0n) is 19.3. The summed E-state index contributed by atoms with van der Waals surface area (Å²) >= 11 is 0. The van der Waals surface area contributed by atoms with Crippen molar-refractivity contribution in [3.05, 3.63) is 64.7 Å². The third kappa shape index (κ3) is 4.38. The molecule has 5 rings (SSSR count). The fraction of sp³-hybridized carbons (Fsp3) is 0.400. The van der Waals surface area contributed by atoms with Crippen molar-refractivity contribution in [2.24, 2.45) is 0 Å². The number of rotatable bonds is 3. The maximum absolute atomic E-state index is 13.6. The highest BCUT2D eigenvalue weighted by atomic mass is 19.4. The van der Waals surface area contributed by atoms with Crippen LogP contribution in [0.3, 0.4) is 0 Å². The molecule has 2 aromatic heterocycles. The van der Waals surface area contributed by atoms with E-state index in [1.54, 1.807) is 4.90 Å². The first-order valence-electron chi connectivity index (χ1n) is 11.5. The number of nitrogens with one attached hydrogen (secondary N) is 1. The van der Waals surface area contributed by atoms with Crippen molar-refractivity contribution in [2.45, 2.75) is 38.8 Å². The first-order valence-corrected chi connectivity index (χ1v) is 11.5. The van der Waals surface area contributed by atoms with Crippen molar-refractivity contribution in [2.75, 3.05) is 41.8 Å². The Labute approximate surface area is 196 Å². The summed E-state index contributed by atoms with van der Waals surface area (Å²) in [6, 6.07) is 8.77. The van der Waals surface area contributed by atoms with Crippen molar-refractivity contribution in [1.29, 1.82) is 0 Å². The lowest BCUT2D eigenvalue weighted by atomic mass is 10.0. The number of aryl methyl sites for hydroxylation is 2. The van der Waals surface area contributed by atoms with Gasteiger partial charge in [0.1, 0.15) is 17.5 Å². The van der Waals surface area contributed by atoms with Crippen molar-refractivity contribution >= 4 is 23.0 Å². The molecule has 178 valence electrons. The van der Waals surface area contributed by atoms with Crippen molar-refractivity contribution in [1.82, 2.24) is 15.0 Å². The molecule has 34 heavy (non-hydrogen) atoms. The molecule has 1 N–H and O–H groups in total. The molecule has 0 unspecified atom stereocenters. The maximum Gasteiger partial charge on any atom is 0.419 e. The van der Waals surface area contributed by atoms with Crippen LogP contribution in [-0.2, 0) is 25.4 Å². The van der Waals surface area contributed by atoms with E-state index in [0.29, 0.717) is 31.8 Å². The number of nitrogens with zero attached hydrogens (tertiary/aromatic N) is 5. The Morgan fingerprint density at radius 2 is 1.82 bits per heavy atom. The van der Waals surface area contributed by atoms with Gasteiger partial charge in [-0.05, 0) is 56.0 Å². The Morgan fingerprint density at radius 1 is 1.00 bits per heavy atom. The molecule has 0 saturated heterocycles. The van der Waals surface area contributed by atoms with Gasteiger partial charge in [0.05, 0.1) is 11.3 Å². The van der Waals surface area contributed by atoms with Crippen LogP contribution < -0.4 is 15.1 Å². The summed E-state index contributed by atoms with van der Waals surface area (Å²) < 4.78 is 40.7. The van der Waals surface area contributed by atoms with Crippen LogP contribution in [0.5, 0.6) is 0 Å².